The van der Waals surface area contributed by atoms with Crippen LogP contribution in [-0.2, 0) is 35.1 Å². The van der Waals surface area contributed by atoms with Gasteiger partial charge in [0.25, 0.3) is 0 Å². The quantitative estimate of drug-likeness (QED) is 0.236. The highest BCUT2D eigenvalue weighted by molar-refractivity contribution is 6.06. The number of benzene rings is 1. The summed E-state index contributed by atoms with van der Waals surface area (Å²) in [4.78, 5) is 49.5. The fraction of sp³-hybridized carbons (Fsp3) is 0.333. The SMILES string of the molecule is C=CCOC(=O)O[C@H](C)[C@H]1C(=O)N2C(C(=O)OCC=C)=C(c3ccc(CNC=O)cc3)C[C@H]12. The minimum Gasteiger partial charge on any atom is -0.457 e. The number of carbonyl (C=O) groups excluding carboxylic acids is 4. The second-order valence-electron chi connectivity index (χ2n) is 7.59. The molecule has 9 nitrogen and oxygen atoms in total. The maximum atomic E-state index is 13.0. The van der Waals surface area contributed by atoms with Gasteiger partial charge >= 0.3 is 12.1 Å². The Balaban J connectivity index is 1.83. The third-order valence-electron chi connectivity index (χ3n) is 5.53. The summed E-state index contributed by atoms with van der Waals surface area (Å²) in [6.45, 7) is 9.03. The molecule has 9 heteroatoms. The van der Waals surface area contributed by atoms with E-state index in [9.17, 15) is 19.2 Å². The first-order valence-electron chi connectivity index (χ1n) is 10.5. The first kappa shape index (κ1) is 23.8. The predicted octanol–water partition coefficient (Wildman–Crippen LogP) is 2.33. The summed E-state index contributed by atoms with van der Waals surface area (Å²) in [7, 11) is 0. The van der Waals surface area contributed by atoms with Crippen LogP contribution in [0.5, 0.6) is 0 Å². The van der Waals surface area contributed by atoms with E-state index >= 15 is 0 Å². The Hall–Kier alpha value is -3.88. The lowest BCUT2D eigenvalue weighted by atomic mass is 9.82. The number of amides is 2. The molecule has 174 valence electrons. The molecule has 1 aromatic rings. The first-order chi connectivity index (χ1) is 15.9. The Labute approximate surface area is 191 Å². The van der Waals surface area contributed by atoms with Gasteiger partial charge in [-0.05, 0) is 30.0 Å². The average Bonchev–Trinajstić information content (AvgIpc) is 3.15. The van der Waals surface area contributed by atoms with Gasteiger partial charge in [-0.25, -0.2) is 9.59 Å². The lowest BCUT2D eigenvalue weighted by Gasteiger charge is -2.45. The topological polar surface area (TPSA) is 111 Å². The monoisotopic (exact) mass is 454 g/mol. The van der Waals surface area contributed by atoms with Gasteiger partial charge in [0.1, 0.15) is 25.0 Å². The van der Waals surface area contributed by atoms with Crippen LogP contribution in [0.1, 0.15) is 24.5 Å². The molecule has 1 saturated heterocycles. The van der Waals surface area contributed by atoms with Crippen LogP contribution in [0.15, 0.2) is 55.3 Å². The number of rotatable bonds is 11. The zero-order valence-corrected chi connectivity index (χ0v) is 18.3. The van der Waals surface area contributed by atoms with Crippen molar-refractivity contribution in [3.05, 3.63) is 66.4 Å². The van der Waals surface area contributed by atoms with Crippen LogP contribution in [0.3, 0.4) is 0 Å². The molecule has 0 radical (unpaired) electrons. The highest BCUT2D eigenvalue weighted by atomic mass is 16.7. The summed E-state index contributed by atoms with van der Waals surface area (Å²) >= 11 is 0. The number of β-lactam (4-membered cyclic amide) rings is 1. The van der Waals surface area contributed by atoms with Crippen molar-refractivity contribution in [2.24, 2.45) is 5.92 Å². The number of ether oxygens (including phenoxy) is 3. The molecule has 0 saturated carbocycles. The smallest absolute Gasteiger partial charge is 0.457 e. The number of carbonyl (C=O) groups is 4. The van der Waals surface area contributed by atoms with Crippen molar-refractivity contribution in [1.82, 2.24) is 10.2 Å². The summed E-state index contributed by atoms with van der Waals surface area (Å²) in [5.74, 6) is -1.56. The number of esters is 1. The van der Waals surface area contributed by atoms with E-state index in [-0.39, 0.29) is 30.9 Å². The second-order valence-corrected chi connectivity index (χ2v) is 7.59. The van der Waals surface area contributed by atoms with E-state index in [1.165, 1.54) is 17.1 Å². The van der Waals surface area contributed by atoms with E-state index in [1.54, 1.807) is 6.92 Å². The van der Waals surface area contributed by atoms with E-state index in [0.29, 0.717) is 24.9 Å². The molecule has 1 aromatic carbocycles. The van der Waals surface area contributed by atoms with Crippen molar-refractivity contribution >= 4 is 30.0 Å². The Morgan fingerprint density at radius 1 is 1.18 bits per heavy atom. The highest BCUT2D eigenvalue weighted by Crippen LogP contribution is 2.47. The number of hydrogen-bond donors (Lipinski definition) is 1. The van der Waals surface area contributed by atoms with E-state index in [2.05, 4.69) is 18.5 Å². The molecular weight excluding hydrogens is 428 g/mol. The molecule has 1 fully saturated rings. The maximum absolute atomic E-state index is 13.0. The highest BCUT2D eigenvalue weighted by Gasteiger charge is 2.58. The van der Waals surface area contributed by atoms with E-state index in [1.807, 2.05) is 24.3 Å². The Bertz CT molecular complexity index is 983. The molecule has 2 heterocycles. The van der Waals surface area contributed by atoms with E-state index in [0.717, 1.165) is 11.1 Å². The van der Waals surface area contributed by atoms with Crippen molar-refractivity contribution < 1.29 is 33.4 Å². The van der Waals surface area contributed by atoms with Crippen molar-refractivity contribution in [2.75, 3.05) is 13.2 Å². The van der Waals surface area contributed by atoms with Crippen molar-refractivity contribution in [3.8, 4) is 0 Å². The lowest BCUT2D eigenvalue weighted by molar-refractivity contribution is -0.162. The van der Waals surface area contributed by atoms with Crippen LogP contribution < -0.4 is 5.32 Å². The molecule has 33 heavy (non-hydrogen) atoms. The van der Waals surface area contributed by atoms with Gasteiger partial charge in [0, 0.05) is 6.54 Å². The van der Waals surface area contributed by atoms with Crippen LogP contribution >= 0.6 is 0 Å². The van der Waals surface area contributed by atoms with Gasteiger partial charge in [0.2, 0.25) is 12.3 Å². The minimum atomic E-state index is -0.884. The molecule has 2 aliphatic rings. The number of hydrogen-bond acceptors (Lipinski definition) is 7. The van der Waals surface area contributed by atoms with Crippen LogP contribution in [0.2, 0.25) is 0 Å². The minimum absolute atomic E-state index is 0.00305. The first-order valence-corrected chi connectivity index (χ1v) is 10.5. The van der Waals surface area contributed by atoms with E-state index in [4.69, 9.17) is 14.2 Å². The van der Waals surface area contributed by atoms with Crippen LogP contribution in [-0.4, -0.2) is 54.7 Å². The normalized spacial score (nSPS) is 19.7. The molecule has 1 N–H and O–H groups in total. The average molecular weight is 454 g/mol. The van der Waals surface area contributed by atoms with Gasteiger partial charge in [-0.2, -0.15) is 0 Å². The molecule has 0 bridgehead atoms. The van der Waals surface area contributed by atoms with Crippen molar-refractivity contribution in [1.29, 1.82) is 0 Å². The van der Waals surface area contributed by atoms with Crippen LogP contribution in [0.4, 0.5) is 4.79 Å². The summed E-state index contributed by atoms with van der Waals surface area (Å²) in [5.41, 5.74) is 2.50. The molecule has 0 spiro atoms. The van der Waals surface area contributed by atoms with Crippen molar-refractivity contribution in [2.45, 2.75) is 32.0 Å². The molecule has 2 aliphatic heterocycles. The molecule has 0 unspecified atom stereocenters. The standard InChI is InChI=1S/C24H26N2O7/c1-4-10-31-23(29)21-18(17-8-6-16(7-9-17)13-25-14-27)12-19-20(22(28)26(19)21)15(3)33-24(30)32-11-5-2/h4-9,14-15,19-20H,1-2,10-13H2,3H3,(H,25,27)/t15-,19-,20-/m1/s1. The number of nitrogens with one attached hydrogen (secondary N) is 1. The number of fused-ring (bicyclic) bond motifs is 1. The Morgan fingerprint density at radius 2 is 1.85 bits per heavy atom. The molecule has 3 rings (SSSR count). The van der Waals surface area contributed by atoms with Gasteiger partial charge in [-0.15, -0.1) is 0 Å². The van der Waals surface area contributed by atoms with E-state index < -0.39 is 24.1 Å². The fourth-order valence-electron chi connectivity index (χ4n) is 4.07. The molecule has 2 amide bonds. The third kappa shape index (κ3) is 4.97. The second kappa shape index (κ2) is 10.6. The fourth-order valence-corrected chi connectivity index (χ4v) is 4.07. The van der Waals surface area contributed by atoms with Gasteiger partial charge in [0.05, 0.1) is 12.0 Å². The van der Waals surface area contributed by atoms with Gasteiger partial charge in [-0.1, -0.05) is 49.6 Å². The van der Waals surface area contributed by atoms with Gasteiger partial charge in [0.15, 0.2) is 0 Å². The summed E-state index contributed by atoms with van der Waals surface area (Å²) < 4.78 is 15.3. The van der Waals surface area contributed by atoms with Gasteiger partial charge < -0.3 is 24.4 Å². The van der Waals surface area contributed by atoms with Crippen LogP contribution in [0.25, 0.3) is 5.57 Å². The molecule has 0 aromatic heterocycles. The zero-order valence-electron chi connectivity index (χ0n) is 18.3. The number of nitrogens with zero attached hydrogens (tertiary/aromatic N) is 1. The molecule has 0 aliphatic carbocycles. The lowest BCUT2D eigenvalue weighted by Crippen LogP contribution is -2.62. The Kier molecular flexibility index (Phi) is 7.66. The zero-order chi connectivity index (χ0) is 24.0. The summed E-state index contributed by atoms with van der Waals surface area (Å²) in [6.07, 6.45) is 2.26. The molecular formula is C24H26N2O7. The molecule has 3 atom stereocenters. The largest absolute Gasteiger partial charge is 0.508 e. The van der Waals surface area contributed by atoms with Crippen LogP contribution in [0, 0.1) is 5.92 Å². The maximum Gasteiger partial charge on any atom is 0.508 e. The van der Waals surface area contributed by atoms with Gasteiger partial charge in [-0.3, -0.25) is 9.59 Å². The third-order valence-corrected chi connectivity index (χ3v) is 5.53. The summed E-state index contributed by atoms with van der Waals surface area (Å²) in [6, 6.07) is 6.98. The summed E-state index contributed by atoms with van der Waals surface area (Å²) in [5, 5.41) is 2.59. The Morgan fingerprint density at radius 3 is 2.48 bits per heavy atom. The van der Waals surface area contributed by atoms with Crippen molar-refractivity contribution in [3.63, 3.8) is 0 Å². The predicted molar refractivity (Wildman–Crippen MR) is 118 cm³/mol.